The van der Waals surface area contributed by atoms with E-state index in [1.54, 1.807) is 19.1 Å². The van der Waals surface area contributed by atoms with Gasteiger partial charge >= 0.3 is 5.97 Å². The van der Waals surface area contributed by atoms with E-state index in [1.807, 2.05) is 42.3 Å². The summed E-state index contributed by atoms with van der Waals surface area (Å²) in [5, 5.41) is 12.1. The Kier molecular flexibility index (Phi) is 5.36. The number of carboxylic acid groups (broad SMARTS) is 1. The maximum Gasteiger partial charge on any atom is 0.337 e. The molecule has 2 N–H and O–H groups in total. The first-order valence-corrected chi connectivity index (χ1v) is 7.43. The Labute approximate surface area is 135 Å². The zero-order valence-corrected chi connectivity index (χ0v) is 13.2. The predicted octanol–water partition coefficient (Wildman–Crippen LogP) is 3.37. The maximum absolute atomic E-state index is 11.5. The van der Waals surface area contributed by atoms with Gasteiger partial charge in [-0.25, -0.2) is 4.79 Å². The van der Waals surface area contributed by atoms with Gasteiger partial charge in [0.25, 0.3) is 0 Å². The van der Waals surface area contributed by atoms with Crippen molar-refractivity contribution in [1.82, 2.24) is 0 Å². The van der Waals surface area contributed by atoms with Crippen LogP contribution in [0.1, 0.15) is 29.3 Å². The van der Waals surface area contributed by atoms with Crippen molar-refractivity contribution in [2.24, 2.45) is 0 Å². The number of hydrogen-bond acceptors (Lipinski definition) is 3. The normalized spacial score (nSPS) is 10.2. The molecule has 2 aromatic rings. The second-order valence-electron chi connectivity index (χ2n) is 5.28. The number of hydrogen-bond donors (Lipinski definition) is 2. The number of nitrogens with zero attached hydrogens (tertiary/aromatic N) is 1. The van der Waals surface area contributed by atoms with E-state index in [-0.39, 0.29) is 11.5 Å². The summed E-state index contributed by atoms with van der Waals surface area (Å²) in [5.74, 6) is -1.17. The number of aromatic carboxylic acids is 1. The number of anilines is 2. The Morgan fingerprint density at radius 2 is 1.83 bits per heavy atom. The molecule has 0 radical (unpaired) electrons. The summed E-state index contributed by atoms with van der Waals surface area (Å²) >= 11 is 0. The van der Waals surface area contributed by atoms with Gasteiger partial charge in [-0.1, -0.05) is 37.3 Å². The van der Waals surface area contributed by atoms with Crippen molar-refractivity contribution in [3.63, 3.8) is 0 Å². The molecule has 0 aliphatic rings. The van der Waals surface area contributed by atoms with Crippen LogP contribution in [0.15, 0.2) is 48.5 Å². The first-order valence-electron chi connectivity index (χ1n) is 7.43. The number of carbonyl (C=O) groups is 2. The van der Waals surface area contributed by atoms with Crippen molar-refractivity contribution >= 4 is 23.3 Å². The zero-order valence-electron chi connectivity index (χ0n) is 13.2. The van der Waals surface area contributed by atoms with Crippen LogP contribution in [0, 0.1) is 0 Å². The Balaban J connectivity index is 2.26. The first kappa shape index (κ1) is 16.5. The van der Waals surface area contributed by atoms with E-state index in [2.05, 4.69) is 5.32 Å². The van der Waals surface area contributed by atoms with Gasteiger partial charge in [-0.3, -0.25) is 4.79 Å². The smallest absolute Gasteiger partial charge is 0.337 e. The van der Waals surface area contributed by atoms with Crippen LogP contribution in [0.4, 0.5) is 11.4 Å². The molecule has 2 aromatic carbocycles. The van der Waals surface area contributed by atoms with Crippen molar-refractivity contribution < 1.29 is 14.7 Å². The van der Waals surface area contributed by atoms with Gasteiger partial charge in [0.2, 0.25) is 5.91 Å². The van der Waals surface area contributed by atoms with E-state index in [1.165, 1.54) is 6.07 Å². The van der Waals surface area contributed by atoms with Gasteiger partial charge in [-0.2, -0.15) is 0 Å². The third-order valence-corrected chi connectivity index (χ3v) is 3.51. The summed E-state index contributed by atoms with van der Waals surface area (Å²) in [6.45, 7) is 2.34. The van der Waals surface area contributed by atoms with Crippen LogP contribution in [0.3, 0.4) is 0 Å². The molecule has 0 spiro atoms. The van der Waals surface area contributed by atoms with Gasteiger partial charge in [-0.15, -0.1) is 0 Å². The van der Waals surface area contributed by atoms with Crippen LogP contribution in [0.2, 0.25) is 0 Å². The molecule has 23 heavy (non-hydrogen) atoms. The molecule has 0 atom stereocenters. The number of benzene rings is 2. The summed E-state index contributed by atoms with van der Waals surface area (Å²) in [7, 11) is 1.85. The van der Waals surface area contributed by atoms with Gasteiger partial charge in [0.15, 0.2) is 0 Å². The molecule has 5 heteroatoms. The Morgan fingerprint density at radius 3 is 2.43 bits per heavy atom. The van der Waals surface area contributed by atoms with E-state index in [0.717, 1.165) is 5.56 Å². The summed E-state index contributed by atoms with van der Waals surface area (Å²) in [4.78, 5) is 24.9. The van der Waals surface area contributed by atoms with E-state index in [9.17, 15) is 14.7 Å². The minimum absolute atomic E-state index is 0.147. The molecule has 1 amide bonds. The van der Waals surface area contributed by atoms with Crippen LogP contribution in [-0.2, 0) is 11.3 Å². The van der Waals surface area contributed by atoms with E-state index in [0.29, 0.717) is 24.3 Å². The summed E-state index contributed by atoms with van der Waals surface area (Å²) < 4.78 is 0. The highest BCUT2D eigenvalue weighted by Crippen LogP contribution is 2.25. The molecule has 0 unspecified atom stereocenters. The average molecular weight is 312 g/mol. The minimum Gasteiger partial charge on any atom is -0.478 e. The lowest BCUT2D eigenvalue weighted by atomic mass is 10.1. The average Bonchev–Trinajstić information content (AvgIpc) is 2.55. The van der Waals surface area contributed by atoms with Crippen molar-refractivity contribution in [2.45, 2.75) is 19.9 Å². The van der Waals surface area contributed by atoms with Gasteiger partial charge in [-0.05, 0) is 23.8 Å². The van der Waals surface area contributed by atoms with Crippen molar-refractivity contribution in [1.29, 1.82) is 0 Å². The van der Waals surface area contributed by atoms with Crippen LogP contribution in [0.5, 0.6) is 0 Å². The van der Waals surface area contributed by atoms with Gasteiger partial charge in [0, 0.05) is 25.7 Å². The first-order chi connectivity index (χ1) is 11.0. The quantitative estimate of drug-likeness (QED) is 0.858. The Morgan fingerprint density at radius 1 is 1.13 bits per heavy atom. The number of nitrogens with one attached hydrogen (secondary N) is 1. The molecule has 0 aliphatic carbocycles. The molecule has 2 rings (SSSR count). The summed E-state index contributed by atoms with van der Waals surface area (Å²) in [6.07, 6.45) is 0.345. The third-order valence-electron chi connectivity index (χ3n) is 3.51. The standard InChI is InChI=1S/C18H20N2O3/c1-3-17(21)19-14-9-10-16(15(11-14)18(22)23)20(2)12-13-7-5-4-6-8-13/h4-11H,3,12H2,1-2H3,(H,19,21)(H,22,23). The van der Waals surface area contributed by atoms with Crippen molar-refractivity contribution in [2.75, 3.05) is 17.3 Å². The molecule has 0 saturated carbocycles. The molecule has 0 fully saturated rings. The fraction of sp³-hybridized carbons (Fsp3) is 0.222. The summed E-state index contributed by atoms with van der Waals surface area (Å²) in [6, 6.07) is 14.8. The van der Waals surface area contributed by atoms with Crippen LogP contribution in [0.25, 0.3) is 0 Å². The van der Waals surface area contributed by atoms with Crippen LogP contribution < -0.4 is 10.2 Å². The minimum atomic E-state index is -1.02. The molecule has 0 aromatic heterocycles. The largest absolute Gasteiger partial charge is 0.478 e. The number of amides is 1. The predicted molar refractivity (Wildman–Crippen MR) is 90.9 cm³/mol. The lowest BCUT2D eigenvalue weighted by molar-refractivity contribution is -0.115. The van der Waals surface area contributed by atoms with Crippen molar-refractivity contribution in [3.8, 4) is 0 Å². The van der Waals surface area contributed by atoms with E-state index < -0.39 is 5.97 Å². The lowest BCUT2D eigenvalue weighted by Crippen LogP contribution is -2.20. The molecule has 5 nitrogen and oxygen atoms in total. The molecular formula is C18H20N2O3. The molecular weight excluding hydrogens is 292 g/mol. The third kappa shape index (κ3) is 4.32. The molecule has 0 heterocycles. The maximum atomic E-state index is 11.5. The van der Waals surface area contributed by atoms with Crippen LogP contribution in [-0.4, -0.2) is 24.0 Å². The molecule has 0 bridgehead atoms. The SMILES string of the molecule is CCC(=O)Nc1ccc(N(C)Cc2ccccc2)c(C(=O)O)c1. The highest BCUT2D eigenvalue weighted by molar-refractivity contribution is 5.98. The van der Waals surface area contributed by atoms with Gasteiger partial charge < -0.3 is 15.3 Å². The molecule has 120 valence electrons. The number of carboxylic acids is 1. The second-order valence-corrected chi connectivity index (χ2v) is 5.28. The highest BCUT2D eigenvalue weighted by Gasteiger charge is 2.15. The van der Waals surface area contributed by atoms with Crippen LogP contribution >= 0.6 is 0 Å². The number of carbonyl (C=O) groups excluding carboxylic acids is 1. The van der Waals surface area contributed by atoms with E-state index >= 15 is 0 Å². The van der Waals surface area contributed by atoms with Gasteiger partial charge in [0.05, 0.1) is 11.3 Å². The zero-order chi connectivity index (χ0) is 16.8. The lowest BCUT2D eigenvalue weighted by Gasteiger charge is -2.22. The highest BCUT2D eigenvalue weighted by atomic mass is 16.4. The topological polar surface area (TPSA) is 69.6 Å². The fourth-order valence-corrected chi connectivity index (χ4v) is 2.31. The monoisotopic (exact) mass is 312 g/mol. The fourth-order valence-electron chi connectivity index (χ4n) is 2.31. The molecule has 0 aliphatic heterocycles. The van der Waals surface area contributed by atoms with Gasteiger partial charge in [0.1, 0.15) is 0 Å². The second kappa shape index (κ2) is 7.45. The van der Waals surface area contributed by atoms with E-state index in [4.69, 9.17) is 0 Å². The Hall–Kier alpha value is -2.82. The molecule has 0 saturated heterocycles. The summed E-state index contributed by atoms with van der Waals surface area (Å²) in [5.41, 5.74) is 2.36. The van der Waals surface area contributed by atoms with Crippen molar-refractivity contribution in [3.05, 3.63) is 59.7 Å². The number of rotatable bonds is 6. The Bertz CT molecular complexity index is 699.